The minimum Gasteiger partial charge on any atom is -0.282 e. The molecule has 13 rings (SSSR count). The molecule has 11 aromatic rings. The van der Waals surface area contributed by atoms with Gasteiger partial charge in [0.15, 0.2) is 0 Å². The van der Waals surface area contributed by atoms with Crippen LogP contribution in [0.15, 0.2) is 211 Å². The van der Waals surface area contributed by atoms with Crippen LogP contribution < -0.4 is 0 Å². The molecule has 1 aliphatic carbocycles. The van der Waals surface area contributed by atoms with Gasteiger partial charge < -0.3 is 0 Å². The van der Waals surface area contributed by atoms with Crippen LogP contribution >= 0.6 is 11.3 Å². The highest BCUT2D eigenvalue weighted by Crippen LogP contribution is 2.54. The van der Waals surface area contributed by atoms with Gasteiger partial charge in [0.25, 0.3) is 0 Å². The minimum absolute atomic E-state index is 0.00142. The summed E-state index contributed by atoms with van der Waals surface area (Å²) in [4.78, 5) is 8.90. The Morgan fingerprint density at radius 2 is 1.13 bits per heavy atom. The second-order valence-electron chi connectivity index (χ2n) is 15.0. The number of pyridine rings is 1. The first kappa shape index (κ1) is 20.0. The maximum absolute atomic E-state index is 10.1. The summed E-state index contributed by atoms with van der Waals surface area (Å²) in [5.74, 6) is 0.00142. The van der Waals surface area contributed by atoms with E-state index in [0.29, 0.717) is 33.4 Å². The number of hydrogen-bond acceptors (Lipinski definition) is 3. The Kier molecular flexibility index (Phi) is 4.58. The van der Waals surface area contributed by atoms with Crippen LogP contribution in [-0.4, -0.2) is 11.2 Å². The van der Waals surface area contributed by atoms with Crippen LogP contribution in [0, 0.1) is 5.92 Å². The summed E-state index contributed by atoms with van der Waals surface area (Å²) in [6.07, 6.45) is 9.74. The topological polar surface area (TPSA) is 25.2 Å². The first-order chi connectivity index (χ1) is 40.8. The van der Waals surface area contributed by atoms with E-state index in [0.717, 1.165) is 11.3 Å². The molecule has 1 aliphatic heterocycles. The van der Waals surface area contributed by atoms with Crippen LogP contribution in [0.3, 0.4) is 0 Å². The molecule has 0 saturated carbocycles. The number of hydrogen-bond donors (Lipinski definition) is 0. The molecule has 2 aliphatic rings. The molecule has 0 fully saturated rings. The minimum atomic E-state index is -0.939. The second-order valence-corrected chi connectivity index (χ2v) is 16.0. The van der Waals surface area contributed by atoms with Crippen LogP contribution in [0.25, 0.3) is 115 Å². The lowest BCUT2D eigenvalue weighted by molar-refractivity contribution is 0.595. The van der Waals surface area contributed by atoms with Crippen LogP contribution in [0.1, 0.15) is 48.8 Å². The van der Waals surface area contributed by atoms with E-state index in [1.807, 2.05) is 36.4 Å². The monoisotopic (exact) mass is 841 g/mol. The summed E-state index contributed by atoms with van der Waals surface area (Å²) in [6.45, 7) is 0. The van der Waals surface area contributed by atoms with Crippen molar-refractivity contribution in [2.24, 2.45) is 10.9 Å². The average Bonchev–Trinajstić information content (AvgIpc) is 1.03. The normalized spacial score (nSPS) is 20.5. The van der Waals surface area contributed by atoms with Gasteiger partial charge in [0.2, 0.25) is 0 Å². The smallest absolute Gasteiger partial charge is 0.102 e. The van der Waals surface area contributed by atoms with Gasteiger partial charge in [-0.25, -0.2) is 4.98 Å². The van der Waals surface area contributed by atoms with Crippen molar-refractivity contribution in [3.8, 4) is 65.5 Å². The van der Waals surface area contributed by atoms with Crippen LogP contribution in [0.2, 0.25) is 0 Å². The van der Waals surface area contributed by atoms with E-state index in [1.165, 1.54) is 0 Å². The van der Waals surface area contributed by atoms with Crippen LogP contribution in [0.4, 0.5) is 0 Å². The molecule has 2 unspecified atom stereocenters. The van der Waals surface area contributed by atoms with Gasteiger partial charge in [0.1, 0.15) is 6.04 Å². The largest absolute Gasteiger partial charge is 0.282 e. The van der Waals surface area contributed by atoms with Gasteiger partial charge in [-0.2, -0.15) is 0 Å². The Bertz CT molecular complexity index is 4950. The van der Waals surface area contributed by atoms with Crippen LogP contribution in [-0.2, 0) is 0 Å². The predicted octanol–water partition coefficient (Wildman–Crippen LogP) is 16.5. The zero-order valence-electron chi connectivity index (χ0n) is 55.5. The fraction of sp³-hybridized carbons (Fsp3) is 0.0333. The number of aromatic nitrogens is 1. The second kappa shape index (κ2) is 14.4. The molecule has 3 heteroatoms. The van der Waals surface area contributed by atoms with Crippen molar-refractivity contribution >= 4 is 66.7 Å². The Morgan fingerprint density at radius 1 is 0.476 bits per heavy atom. The number of allylic oxidation sites excluding steroid dienone is 1. The number of thiophene rings is 1. The Hall–Kier alpha value is -7.72. The number of nitrogens with zero attached hydrogens (tertiary/aromatic N) is 2. The Balaban J connectivity index is 1.18. The van der Waals surface area contributed by atoms with Crippen molar-refractivity contribution in [2.75, 3.05) is 0 Å². The molecule has 9 aromatic carbocycles. The summed E-state index contributed by atoms with van der Waals surface area (Å²) in [7, 11) is 0. The molecule has 3 heterocycles. The van der Waals surface area contributed by atoms with Crippen molar-refractivity contribution < 1.29 is 31.5 Å². The van der Waals surface area contributed by atoms with Crippen molar-refractivity contribution in [1.29, 1.82) is 0 Å². The van der Waals surface area contributed by atoms with Crippen LogP contribution in [0.5, 0.6) is 0 Å². The quantitative estimate of drug-likeness (QED) is 0.153. The number of rotatable bonds is 6. The van der Waals surface area contributed by atoms with E-state index in [1.54, 1.807) is 36.5 Å². The first-order valence-electron chi connectivity index (χ1n) is 31.3. The third-order valence-corrected chi connectivity index (χ3v) is 12.8. The van der Waals surface area contributed by atoms with E-state index in [9.17, 15) is 17.8 Å². The van der Waals surface area contributed by atoms with Gasteiger partial charge >= 0.3 is 0 Å². The van der Waals surface area contributed by atoms with Crippen molar-refractivity contribution in [3.63, 3.8) is 0 Å². The molecule has 0 radical (unpaired) electrons. The van der Waals surface area contributed by atoms with E-state index in [2.05, 4.69) is 6.08 Å². The van der Waals surface area contributed by atoms with E-state index >= 15 is 0 Å². The standard InChI is InChI=1S/C60H38N2S/c1-3-11-38(12-4-1)56-55(59(45-13-5-2-6-14-45)63-60(56)51-32-29-41-25-24-39-15-9-16-40-28-31-50(51)54(41)53(39)40)42-22-20-37(21-23-42)46-33-34-49(48-19-8-7-18-47(46)48)52-35-30-44-27-26-43-17-10-36-61-57(43)58(44)62-52/h1-36,43,57H/i1D,2D,3D,4D,5D,6D,9D,11D,12D,13D,14D,15D,16D,20D,21D,22D,23D,24D,25D,28D,29D,31D,32D. The van der Waals surface area contributed by atoms with Crippen molar-refractivity contribution in [2.45, 2.75) is 6.04 Å². The van der Waals surface area contributed by atoms with Gasteiger partial charge in [-0.1, -0.05) is 200 Å². The Morgan fingerprint density at radius 3 is 1.92 bits per heavy atom. The number of fused-ring (bicyclic) bond motifs is 4. The van der Waals surface area contributed by atoms with E-state index in [4.69, 9.17) is 23.7 Å². The third-order valence-electron chi connectivity index (χ3n) is 11.5. The zero-order chi connectivity index (χ0) is 61.4. The van der Waals surface area contributed by atoms with Gasteiger partial charge in [-0.3, -0.25) is 4.99 Å². The van der Waals surface area contributed by atoms with Crippen molar-refractivity contribution in [3.05, 3.63) is 217 Å². The maximum atomic E-state index is 10.1. The molecule has 63 heavy (non-hydrogen) atoms. The average molecular weight is 842 g/mol. The highest BCUT2D eigenvalue weighted by Gasteiger charge is 2.28. The zero-order valence-corrected chi connectivity index (χ0v) is 33.3. The highest BCUT2D eigenvalue weighted by molar-refractivity contribution is 7.20. The summed E-state index contributed by atoms with van der Waals surface area (Å²) in [6, 6.07) is -4.68. The molecule has 294 valence electrons. The lowest BCUT2D eigenvalue weighted by Gasteiger charge is -2.26. The first-order valence-corrected chi connectivity index (χ1v) is 20.7. The van der Waals surface area contributed by atoms with Gasteiger partial charge in [0, 0.05) is 44.1 Å². The number of aliphatic imine (C=N–C) groups is 1. The maximum Gasteiger partial charge on any atom is 0.102 e. The molecule has 0 saturated heterocycles. The van der Waals surface area contributed by atoms with Gasteiger partial charge in [-0.15, -0.1) is 11.3 Å². The fourth-order valence-electron chi connectivity index (χ4n) is 8.72. The molecule has 0 bridgehead atoms. The molecular weight excluding hydrogens is 781 g/mol. The molecule has 2 nitrogen and oxygen atoms in total. The molecule has 0 N–H and O–H groups in total. The lowest BCUT2D eigenvalue weighted by Crippen LogP contribution is -2.16. The number of dihydropyridines is 1. The van der Waals surface area contributed by atoms with E-state index < -0.39 is 204 Å². The summed E-state index contributed by atoms with van der Waals surface area (Å²) in [5, 5.41) is -1.15. The van der Waals surface area contributed by atoms with E-state index in [-0.39, 0.29) is 33.9 Å². The lowest BCUT2D eigenvalue weighted by atomic mass is 9.86. The molecule has 0 amide bonds. The summed E-state index contributed by atoms with van der Waals surface area (Å²) >= 11 is 0.447. The summed E-state index contributed by atoms with van der Waals surface area (Å²) < 4.78 is 214. The fourth-order valence-corrected chi connectivity index (χ4v) is 10.00. The molecule has 0 spiro atoms. The highest BCUT2D eigenvalue weighted by atomic mass is 32.1. The predicted molar refractivity (Wildman–Crippen MR) is 269 cm³/mol. The number of benzene rings is 9. The van der Waals surface area contributed by atoms with Gasteiger partial charge in [0.05, 0.1) is 42.9 Å². The third kappa shape index (κ3) is 5.78. The molecule has 2 aromatic heterocycles. The summed E-state index contributed by atoms with van der Waals surface area (Å²) in [5.41, 5.74) is -0.813. The molecular formula is C60H38N2S. The Labute approximate surface area is 402 Å². The SMILES string of the molecule is [2H]c1c([2H])c([2H])c(-c2sc(-c3c([2H])c([2H])c4c([2H])c([2H])c5c([2H])c([2H])c([2H])c6c([2H])c([2H])c3c4c56)c(-c3c([2H])c([2H])c([2H])c([2H])c3[2H])c2-c2c([2H])c([2H])c(-c3ccc(-c4ccc5c(n4)C4N=CC=CC4C=C5)c4ccccc34)c([2H])c2[2H])c([2H])c1[2H]. The molecule has 2 atom stereocenters. The van der Waals surface area contributed by atoms with Crippen molar-refractivity contribution in [1.82, 2.24) is 4.98 Å². The van der Waals surface area contributed by atoms with Gasteiger partial charge in [-0.05, 0) is 88.6 Å².